The highest BCUT2D eigenvalue weighted by atomic mass is 19.3. The Morgan fingerprint density at radius 2 is 1.90 bits per heavy atom. The van der Waals surface area contributed by atoms with Crippen LogP contribution in [0.25, 0.3) is 0 Å². The molecule has 3 amide bonds. The van der Waals surface area contributed by atoms with Crippen LogP contribution in [0.5, 0.6) is 5.75 Å². The van der Waals surface area contributed by atoms with Gasteiger partial charge in [0.15, 0.2) is 0 Å². The van der Waals surface area contributed by atoms with Crippen molar-refractivity contribution >= 4 is 18.2 Å². The molecule has 1 aliphatic carbocycles. The summed E-state index contributed by atoms with van der Waals surface area (Å²) in [4.78, 5) is 25.4. The molecule has 1 atom stereocenters. The highest BCUT2D eigenvalue weighted by Crippen LogP contribution is 2.38. The van der Waals surface area contributed by atoms with E-state index in [0.29, 0.717) is 11.6 Å². The molecular formula is C21H22F2N4O3. The molecule has 158 valence electrons. The summed E-state index contributed by atoms with van der Waals surface area (Å²) in [6, 6.07) is 7.43. The Morgan fingerprint density at radius 3 is 2.50 bits per heavy atom. The number of imide groups is 1. The normalized spacial score (nSPS) is 21.7. The Morgan fingerprint density at radius 1 is 1.23 bits per heavy atom. The van der Waals surface area contributed by atoms with Crippen molar-refractivity contribution in [3.05, 3.63) is 52.8 Å². The van der Waals surface area contributed by atoms with Gasteiger partial charge in [0.25, 0.3) is 5.91 Å². The van der Waals surface area contributed by atoms with E-state index in [1.165, 1.54) is 30.5 Å². The average Bonchev–Trinajstić information content (AvgIpc) is 3.43. The molecule has 1 unspecified atom stereocenters. The van der Waals surface area contributed by atoms with E-state index in [-0.39, 0.29) is 5.75 Å². The van der Waals surface area contributed by atoms with Crippen molar-refractivity contribution in [3.8, 4) is 5.75 Å². The number of aromatic nitrogens is 1. The van der Waals surface area contributed by atoms with Crippen LogP contribution in [0.15, 0.2) is 35.4 Å². The fraction of sp³-hybridized carbons (Fsp3) is 0.381. The molecule has 1 aromatic heterocycles. The van der Waals surface area contributed by atoms with E-state index >= 15 is 0 Å². The Balaban J connectivity index is 1.55. The summed E-state index contributed by atoms with van der Waals surface area (Å²) in [7, 11) is 0. The van der Waals surface area contributed by atoms with Gasteiger partial charge in [0.1, 0.15) is 11.3 Å². The van der Waals surface area contributed by atoms with Crippen molar-refractivity contribution in [2.75, 3.05) is 0 Å². The summed E-state index contributed by atoms with van der Waals surface area (Å²) >= 11 is 0. The topological polar surface area (TPSA) is 75.9 Å². The first-order valence-electron chi connectivity index (χ1n) is 9.65. The van der Waals surface area contributed by atoms with Crippen LogP contribution in [0, 0.1) is 13.8 Å². The molecule has 1 aromatic carbocycles. The standard InChI is InChI=1S/C21H22F2N4O3/c1-12-10-14(13(2)26(12)16-6-7-16)11-24-27-18(28)21(3,25-20(27)29)15-4-8-17(9-5-15)30-19(22)23/h4-5,8-11,16,19H,6-7H2,1-3H3,(H,25,29). The number of alkyl halides is 2. The van der Waals surface area contributed by atoms with E-state index in [2.05, 4.69) is 19.7 Å². The van der Waals surface area contributed by atoms with E-state index in [1.807, 2.05) is 19.9 Å². The van der Waals surface area contributed by atoms with Crippen LogP contribution in [0.2, 0.25) is 0 Å². The third kappa shape index (κ3) is 3.44. The van der Waals surface area contributed by atoms with E-state index in [4.69, 9.17) is 0 Å². The molecule has 7 nitrogen and oxygen atoms in total. The van der Waals surface area contributed by atoms with Crippen LogP contribution in [0.3, 0.4) is 0 Å². The van der Waals surface area contributed by atoms with Gasteiger partial charge in [-0.25, -0.2) is 4.79 Å². The summed E-state index contributed by atoms with van der Waals surface area (Å²) in [5.74, 6) is -0.586. The second kappa shape index (κ2) is 7.23. The summed E-state index contributed by atoms with van der Waals surface area (Å²) in [6.07, 6.45) is 3.82. The molecule has 4 rings (SSSR count). The van der Waals surface area contributed by atoms with Crippen molar-refractivity contribution in [2.45, 2.75) is 51.8 Å². The molecule has 0 spiro atoms. The van der Waals surface area contributed by atoms with Crippen LogP contribution in [-0.4, -0.2) is 34.3 Å². The van der Waals surface area contributed by atoms with Gasteiger partial charge >= 0.3 is 12.6 Å². The lowest BCUT2D eigenvalue weighted by atomic mass is 9.92. The molecule has 0 radical (unpaired) electrons. The zero-order chi connectivity index (χ0) is 21.6. The highest BCUT2D eigenvalue weighted by Gasteiger charge is 2.49. The van der Waals surface area contributed by atoms with Gasteiger partial charge in [-0.1, -0.05) is 12.1 Å². The largest absolute Gasteiger partial charge is 0.435 e. The maximum Gasteiger partial charge on any atom is 0.387 e. The van der Waals surface area contributed by atoms with Crippen LogP contribution < -0.4 is 10.1 Å². The number of carbonyl (C=O) groups excluding carboxylic acids is 2. The van der Waals surface area contributed by atoms with Crippen molar-refractivity contribution < 1.29 is 23.1 Å². The molecular weight excluding hydrogens is 394 g/mol. The third-order valence-electron chi connectivity index (χ3n) is 5.57. The van der Waals surface area contributed by atoms with Gasteiger partial charge in [0.05, 0.1) is 6.21 Å². The van der Waals surface area contributed by atoms with Crippen LogP contribution >= 0.6 is 0 Å². The van der Waals surface area contributed by atoms with Crippen molar-refractivity contribution in [3.63, 3.8) is 0 Å². The molecule has 2 aromatic rings. The number of nitrogens with one attached hydrogen (secondary N) is 1. The summed E-state index contributed by atoms with van der Waals surface area (Å²) in [5, 5.41) is 7.57. The third-order valence-corrected chi connectivity index (χ3v) is 5.57. The number of urea groups is 1. The van der Waals surface area contributed by atoms with Gasteiger partial charge in [-0.15, -0.1) is 5.01 Å². The Kier molecular flexibility index (Phi) is 4.83. The molecule has 1 aliphatic heterocycles. The number of amides is 3. The molecule has 1 saturated heterocycles. The molecule has 30 heavy (non-hydrogen) atoms. The first kappa shape index (κ1) is 20.1. The van der Waals surface area contributed by atoms with Crippen molar-refractivity contribution in [2.24, 2.45) is 5.10 Å². The number of rotatable bonds is 6. The Labute approximate surface area is 172 Å². The first-order chi connectivity index (χ1) is 14.2. The van der Waals surface area contributed by atoms with Gasteiger partial charge in [-0.2, -0.15) is 13.9 Å². The van der Waals surface area contributed by atoms with Crippen molar-refractivity contribution in [1.82, 2.24) is 14.9 Å². The van der Waals surface area contributed by atoms with Crippen molar-refractivity contribution in [1.29, 1.82) is 0 Å². The lowest BCUT2D eigenvalue weighted by molar-refractivity contribution is -0.131. The number of ether oxygens (including phenoxy) is 1. The fourth-order valence-electron chi connectivity index (χ4n) is 3.84. The van der Waals surface area contributed by atoms with E-state index in [9.17, 15) is 18.4 Å². The van der Waals surface area contributed by atoms with Crippen LogP contribution in [0.4, 0.5) is 13.6 Å². The average molecular weight is 416 g/mol. The highest BCUT2D eigenvalue weighted by molar-refractivity contribution is 6.07. The number of halogens is 2. The number of hydrogen-bond acceptors (Lipinski definition) is 4. The predicted octanol–water partition coefficient (Wildman–Crippen LogP) is 3.84. The van der Waals surface area contributed by atoms with Gasteiger partial charge in [-0.05, 0) is 57.4 Å². The maximum atomic E-state index is 13.0. The minimum Gasteiger partial charge on any atom is -0.435 e. The van der Waals surface area contributed by atoms with Gasteiger partial charge in [-0.3, -0.25) is 4.79 Å². The molecule has 9 heteroatoms. The minimum atomic E-state index is -2.94. The van der Waals surface area contributed by atoms with E-state index in [1.54, 1.807) is 6.92 Å². The van der Waals surface area contributed by atoms with E-state index < -0.39 is 24.1 Å². The number of hydrazone groups is 1. The van der Waals surface area contributed by atoms with Crippen LogP contribution in [0.1, 0.15) is 48.3 Å². The molecule has 1 saturated carbocycles. The molecule has 1 N–H and O–H groups in total. The maximum absolute atomic E-state index is 13.0. The quantitative estimate of drug-likeness (QED) is 0.574. The Bertz CT molecular complexity index is 1030. The van der Waals surface area contributed by atoms with E-state index in [0.717, 1.165) is 34.8 Å². The SMILES string of the molecule is Cc1cc(C=NN2C(=O)NC(C)(c3ccc(OC(F)F)cc3)C2=O)c(C)n1C1CC1. The smallest absolute Gasteiger partial charge is 0.387 e. The fourth-order valence-corrected chi connectivity index (χ4v) is 3.84. The molecule has 2 fully saturated rings. The van der Waals surface area contributed by atoms with Crippen LogP contribution in [-0.2, 0) is 10.3 Å². The lowest BCUT2D eigenvalue weighted by Gasteiger charge is -2.21. The van der Waals surface area contributed by atoms with Gasteiger partial charge < -0.3 is 14.6 Å². The number of benzene rings is 1. The molecule has 2 aliphatic rings. The lowest BCUT2D eigenvalue weighted by Crippen LogP contribution is -2.40. The summed E-state index contributed by atoms with van der Waals surface area (Å²) < 4.78 is 31.2. The number of nitrogens with zero attached hydrogens (tertiary/aromatic N) is 3. The first-order valence-corrected chi connectivity index (χ1v) is 9.65. The number of hydrogen-bond donors (Lipinski definition) is 1. The zero-order valence-electron chi connectivity index (χ0n) is 16.9. The second-order valence-corrected chi connectivity index (χ2v) is 7.75. The zero-order valence-corrected chi connectivity index (χ0v) is 16.9. The number of carbonyl (C=O) groups is 2. The van der Waals surface area contributed by atoms with Gasteiger partial charge in [0, 0.05) is 23.0 Å². The second-order valence-electron chi connectivity index (χ2n) is 7.75. The summed E-state index contributed by atoms with van der Waals surface area (Å²) in [6.45, 7) is 2.62. The predicted molar refractivity (Wildman–Crippen MR) is 106 cm³/mol. The minimum absolute atomic E-state index is 0.0324. The number of aryl methyl sites for hydroxylation is 1. The molecule has 0 bridgehead atoms. The summed E-state index contributed by atoms with van der Waals surface area (Å²) in [5.41, 5.74) is 2.09. The monoisotopic (exact) mass is 416 g/mol. The molecule has 2 heterocycles. The Hall–Kier alpha value is -3.23. The van der Waals surface area contributed by atoms with Gasteiger partial charge in [0.2, 0.25) is 0 Å².